The van der Waals surface area contributed by atoms with Crippen LogP contribution in [-0.2, 0) is 23.8 Å². The number of halogens is 6. The molecule has 3 rings (SSSR count). The summed E-state index contributed by atoms with van der Waals surface area (Å²) in [5.74, 6) is -0.0448. The minimum absolute atomic E-state index is 0.0672. The van der Waals surface area contributed by atoms with Crippen LogP contribution in [0.25, 0.3) is 11.3 Å². The predicted molar refractivity (Wildman–Crippen MR) is 107 cm³/mol. The Morgan fingerprint density at radius 3 is 1.94 bits per heavy atom. The summed E-state index contributed by atoms with van der Waals surface area (Å²) >= 11 is 0. The zero-order valence-electron chi connectivity index (χ0n) is 17.4. The van der Waals surface area contributed by atoms with E-state index in [1.807, 2.05) is 32.9 Å². The van der Waals surface area contributed by atoms with Gasteiger partial charge in [0.1, 0.15) is 24.3 Å². The number of hydrogen-bond donors (Lipinski definition) is 0. The lowest BCUT2D eigenvalue weighted by molar-refractivity contribution is -0.143. The molecule has 0 aliphatic carbocycles. The van der Waals surface area contributed by atoms with E-state index in [1.165, 1.54) is 18.3 Å². The highest BCUT2D eigenvalue weighted by Crippen LogP contribution is 2.38. The fraction of sp³-hybridized carbons (Fsp3) is 0.261. The summed E-state index contributed by atoms with van der Waals surface area (Å²) in [6.45, 7) is 6.08. The molecule has 0 N–H and O–H groups in total. The molecule has 0 saturated carbocycles. The van der Waals surface area contributed by atoms with Gasteiger partial charge in [0, 0.05) is 5.56 Å². The van der Waals surface area contributed by atoms with Gasteiger partial charge < -0.3 is 9.25 Å². The van der Waals surface area contributed by atoms with Gasteiger partial charge in [0.2, 0.25) is 0 Å². The average Bonchev–Trinajstić information content (AvgIpc) is 3.14. The summed E-state index contributed by atoms with van der Waals surface area (Å²) < 4.78 is 83.6. The lowest BCUT2D eigenvalue weighted by Gasteiger charge is -2.13. The molecule has 0 atom stereocenters. The first-order valence-corrected chi connectivity index (χ1v) is 9.46. The number of aryl methyl sites for hydroxylation is 3. The summed E-state index contributed by atoms with van der Waals surface area (Å²) in [6.07, 6.45) is -8.68. The second-order valence-electron chi connectivity index (χ2n) is 7.38. The Morgan fingerprint density at radius 1 is 0.844 bits per heavy atom. The van der Waals surface area contributed by atoms with Crippen LogP contribution in [0.4, 0.5) is 26.3 Å². The monoisotopic (exact) mass is 455 g/mol. The smallest absolute Gasteiger partial charge is 0.416 e. The number of oxime groups is 1. The van der Waals surface area contributed by atoms with Crippen LogP contribution in [0.15, 0.2) is 52.0 Å². The third kappa shape index (κ3) is 5.52. The molecule has 0 radical (unpaired) electrons. The maximum Gasteiger partial charge on any atom is 0.416 e. The number of benzene rings is 2. The largest absolute Gasteiger partial charge is 0.455 e. The van der Waals surface area contributed by atoms with Crippen molar-refractivity contribution < 1.29 is 35.6 Å². The fourth-order valence-corrected chi connectivity index (χ4v) is 3.30. The Bertz CT molecular complexity index is 1090. The minimum Gasteiger partial charge on any atom is -0.455 e. The van der Waals surface area contributed by atoms with Crippen LogP contribution in [0.2, 0.25) is 0 Å². The second-order valence-corrected chi connectivity index (χ2v) is 7.38. The van der Waals surface area contributed by atoms with E-state index < -0.39 is 23.5 Å². The topological polar surface area (TPSA) is 34.7 Å². The van der Waals surface area contributed by atoms with Crippen molar-refractivity contribution in [3.05, 3.63) is 81.6 Å². The lowest BCUT2D eigenvalue weighted by Crippen LogP contribution is -2.11. The highest BCUT2D eigenvalue weighted by Gasteiger charge is 2.37. The molecule has 0 amide bonds. The van der Waals surface area contributed by atoms with E-state index in [2.05, 4.69) is 5.16 Å². The molecule has 0 bridgehead atoms. The van der Waals surface area contributed by atoms with Gasteiger partial charge in [-0.2, -0.15) is 26.3 Å². The molecule has 0 aliphatic rings. The Morgan fingerprint density at radius 2 is 1.41 bits per heavy atom. The molecule has 0 fully saturated rings. The van der Waals surface area contributed by atoms with Crippen molar-refractivity contribution in [2.24, 2.45) is 5.16 Å². The predicted octanol–water partition coefficient (Wildman–Crippen LogP) is 7.46. The molecular formula is C23H19F6NO2. The number of alkyl halides is 6. The van der Waals surface area contributed by atoms with Gasteiger partial charge in [-0.1, -0.05) is 22.9 Å². The van der Waals surface area contributed by atoms with Gasteiger partial charge in [-0.15, -0.1) is 0 Å². The second kappa shape index (κ2) is 8.72. The molecular weight excluding hydrogens is 436 g/mol. The number of furan rings is 1. The highest BCUT2D eigenvalue weighted by atomic mass is 19.4. The van der Waals surface area contributed by atoms with Gasteiger partial charge in [0.15, 0.2) is 0 Å². The number of hydrogen-bond acceptors (Lipinski definition) is 3. The first kappa shape index (κ1) is 23.4. The van der Waals surface area contributed by atoms with Crippen molar-refractivity contribution in [3.63, 3.8) is 0 Å². The molecule has 0 saturated heterocycles. The summed E-state index contributed by atoms with van der Waals surface area (Å²) in [5.41, 5.74) is 1.00. The van der Waals surface area contributed by atoms with E-state index >= 15 is 0 Å². The van der Waals surface area contributed by atoms with E-state index in [-0.39, 0.29) is 29.8 Å². The van der Waals surface area contributed by atoms with Crippen molar-refractivity contribution in [1.29, 1.82) is 0 Å². The summed E-state index contributed by atoms with van der Waals surface area (Å²) in [7, 11) is 0. The third-order valence-electron chi connectivity index (χ3n) is 4.80. The molecule has 0 unspecified atom stereocenters. The van der Waals surface area contributed by atoms with Crippen LogP contribution in [-0.4, -0.2) is 6.21 Å². The first-order valence-electron chi connectivity index (χ1n) is 9.46. The van der Waals surface area contributed by atoms with Crippen molar-refractivity contribution in [2.45, 2.75) is 39.7 Å². The van der Waals surface area contributed by atoms with Gasteiger partial charge in [-0.05, 0) is 67.8 Å². The normalized spacial score (nSPS) is 12.5. The molecule has 9 heteroatoms. The molecule has 0 aliphatic heterocycles. The van der Waals surface area contributed by atoms with E-state index in [1.54, 1.807) is 0 Å². The average molecular weight is 455 g/mol. The van der Waals surface area contributed by atoms with E-state index in [0.29, 0.717) is 12.1 Å². The van der Waals surface area contributed by atoms with Gasteiger partial charge in [-0.25, -0.2) is 0 Å². The molecule has 3 nitrogen and oxygen atoms in total. The minimum atomic E-state index is -4.94. The van der Waals surface area contributed by atoms with Gasteiger partial charge in [-0.3, -0.25) is 0 Å². The Hall–Kier alpha value is -3.23. The van der Waals surface area contributed by atoms with E-state index in [4.69, 9.17) is 9.25 Å². The molecule has 0 spiro atoms. The summed E-state index contributed by atoms with van der Waals surface area (Å²) in [5, 5.41) is 3.78. The van der Waals surface area contributed by atoms with Crippen LogP contribution >= 0.6 is 0 Å². The Balaban J connectivity index is 1.78. The van der Waals surface area contributed by atoms with Crippen molar-refractivity contribution in [3.8, 4) is 11.3 Å². The van der Waals surface area contributed by atoms with Gasteiger partial charge >= 0.3 is 12.4 Å². The van der Waals surface area contributed by atoms with E-state index in [9.17, 15) is 26.3 Å². The zero-order valence-corrected chi connectivity index (χ0v) is 17.4. The van der Waals surface area contributed by atoms with Gasteiger partial charge in [0.05, 0.1) is 11.1 Å². The first-order chi connectivity index (χ1) is 14.8. The van der Waals surface area contributed by atoms with E-state index in [0.717, 1.165) is 22.3 Å². The zero-order chi connectivity index (χ0) is 23.7. The van der Waals surface area contributed by atoms with Crippen LogP contribution in [0, 0.1) is 20.8 Å². The summed E-state index contributed by atoms with van der Waals surface area (Å²) in [6, 6.07) is 7.95. The third-order valence-corrected chi connectivity index (χ3v) is 4.80. The Labute approximate surface area is 180 Å². The molecule has 170 valence electrons. The molecule has 3 aromatic rings. The van der Waals surface area contributed by atoms with Crippen LogP contribution in [0.3, 0.4) is 0 Å². The standard InChI is InChI=1S/C23H19F6NO2/c1-13-6-14(2)20(15(3)7-13)12-31-30-11-19-4-5-21(32-19)16-8-17(22(24,25)26)10-18(9-16)23(27,28)29/h4-11H,12H2,1-3H3/b30-11+. The molecule has 2 aromatic carbocycles. The number of rotatable bonds is 5. The number of nitrogens with zero attached hydrogens (tertiary/aromatic N) is 1. The molecule has 1 aromatic heterocycles. The van der Waals surface area contributed by atoms with Crippen LogP contribution < -0.4 is 0 Å². The van der Waals surface area contributed by atoms with Crippen LogP contribution in [0.1, 0.15) is 39.1 Å². The molecule has 1 heterocycles. The Kier molecular flexibility index (Phi) is 6.39. The van der Waals surface area contributed by atoms with Crippen molar-refractivity contribution >= 4 is 6.21 Å². The summed E-state index contributed by atoms with van der Waals surface area (Å²) in [4.78, 5) is 5.28. The van der Waals surface area contributed by atoms with Gasteiger partial charge in [0.25, 0.3) is 0 Å². The van der Waals surface area contributed by atoms with Crippen molar-refractivity contribution in [2.75, 3.05) is 0 Å². The highest BCUT2D eigenvalue weighted by molar-refractivity contribution is 5.77. The maximum absolute atomic E-state index is 13.0. The lowest BCUT2D eigenvalue weighted by atomic mass is 10.0. The molecule has 32 heavy (non-hydrogen) atoms. The maximum atomic E-state index is 13.0. The fourth-order valence-electron chi connectivity index (χ4n) is 3.30. The SMILES string of the molecule is Cc1cc(C)c(CO/N=C/c2ccc(-c3cc(C(F)(F)F)cc(C(F)(F)F)c3)o2)c(C)c1. The van der Waals surface area contributed by atoms with Crippen LogP contribution in [0.5, 0.6) is 0 Å². The van der Waals surface area contributed by atoms with Crippen molar-refractivity contribution in [1.82, 2.24) is 0 Å². The quantitative estimate of drug-likeness (QED) is 0.227.